The van der Waals surface area contributed by atoms with E-state index in [1.807, 2.05) is 49.3 Å². The second-order valence-corrected chi connectivity index (χ2v) is 5.34. The Morgan fingerprint density at radius 3 is 2.13 bits per heavy atom. The van der Waals surface area contributed by atoms with Gasteiger partial charge >= 0.3 is 5.97 Å². The van der Waals surface area contributed by atoms with E-state index < -0.39 is 12.0 Å². The predicted octanol–water partition coefficient (Wildman–Crippen LogP) is 2.71. The largest absolute Gasteiger partial charge is 0.465 e. The third kappa shape index (κ3) is 4.17. The highest BCUT2D eigenvalue weighted by Crippen LogP contribution is 2.20. The lowest BCUT2D eigenvalue weighted by Crippen LogP contribution is -2.32. The number of ether oxygens (including phenoxy) is 1. The Morgan fingerprint density at radius 2 is 1.61 bits per heavy atom. The van der Waals surface area contributed by atoms with Gasteiger partial charge in [-0.1, -0.05) is 30.3 Å². The van der Waals surface area contributed by atoms with Crippen LogP contribution in [0, 0.1) is 0 Å². The van der Waals surface area contributed by atoms with Crippen LogP contribution in [0.3, 0.4) is 0 Å². The number of nitrogens with zero attached hydrogens (tertiary/aromatic N) is 1. The van der Waals surface area contributed by atoms with E-state index in [1.54, 1.807) is 24.3 Å². The molecule has 0 aliphatic carbocycles. The molecule has 0 saturated heterocycles. The molecule has 5 nitrogen and oxygen atoms in total. The number of esters is 1. The molecule has 5 heteroatoms. The van der Waals surface area contributed by atoms with E-state index in [2.05, 4.69) is 10.1 Å². The van der Waals surface area contributed by atoms with Crippen LogP contribution in [-0.2, 0) is 9.53 Å². The normalized spacial score (nSPS) is 11.8. The lowest BCUT2D eigenvalue weighted by Gasteiger charge is -2.23. The van der Waals surface area contributed by atoms with E-state index >= 15 is 0 Å². The molecule has 0 aliphatic rings. The molecule has 1 amide bonds. The lowest BCUT2D eigenvalue weighted by molar-refractivity contribution is -0.120. The summed E-state index contributed by atoms with van der Waals surface area (Å²) in [5.74, 6) is -0.537. The van der Waals surface area contributed by atoms with Gasteiger partial charge in [0.2, 0.25) is 5.91 Å². The van der Waals surface area contributed by atoms with Gasteiger partial charge in [0.1, 0.15) is 6.04 Å². The number of amides is 1. The quantitative estimate of drug-likeness (QED) is 0.863. The fourth-order valence-electron chi connectivity index (χ4n) is 2.34. The summed E-state index contributed by atoms with van der Waals surface area (Å²) >= 11 is 0. The monoisotopic (exact) mass is 312 g/mol. The summed E-state index contributed by atoms with van der Waals surface area (Å²) in [6.45, 7) is 0. The number of nitrogens with one attached hydrogen (secondary N) is 1. The van der Waals surface area contributed by atoms with Gasteiger partial charge in [-0.15, -0.1) is 0 Å². The molecule has 2 aromatic carbocycles. The van der Waals surface area contributed by atoms with Crippen molar-refractivity contribution in [3.8, 4) is 0 Å². The smallest absolute Gasteiger partial charge is 0.337 e. The summed E-state index contributed by atoms with van der Waals surface area (Å²) < 4.78 is 4.65. The highest BCUT2D eigenvalue weighted by Gasteiger charge is 2.22. The summed E-state index contributed by atoms with van der Waals surface area (Å²) in [6, 6.07) is 15.8. The molecule has 0 aliphatic heterocycles. The highest BCUT2D eigenvalue weighted by molar-refractivity contribution is 5.96. The van der Waals surface area contributed by atoms with E-state index in [-0.39, 0.29) is 5.91 Å². The van der Waals surface area contributed by atoms with E-state index in [0.717, 1.165) is 5.56 Å². The molecule has 0 aromatic heterocycles. The average Bonchev–Trinajstić information content (AvgIpc) is 2.55. The van der Waals surface area contributed by atoms with Gasteiger partial charge < -0.3 is 10.1 Å². The minimum absolute atomic E-state index is 0.132. The standard InChI is InChI=1S/C18H20N2O3/c1-20(2)16(13-7-5-4-6-8-13)17(21)19-15-11-9-14(10-12-15)18(22)23-3/h4-12,16H,1-3H3,(H,19,21). The molecule has 1 atom stereocenters. The van der Waals surface area contributed by atoms with Crippen molar-refractivity contribution in [3.63, 3.8) is 0 Å². The van der Waals surface area contributed by atoms with Crippen molar-refractivity contribution in [2.24, 2.45) is 0 Å². The molecule has 0 heterocycles. The molecule has 2 aromatic rings. The topological polar surface area (TPSA) is 58.6 Å². The van der Waals surface area contributed by atoms with Crippen LogP contribution in [-0.4, -0.2) is 38.0 Å². The van der Waals surface area contributed by atoms with Crippen molar-refractivity contribution in [2.75, 3.05) is 26.5 Å². The Morgan fingerprint density at radius 1 is 1.00 bits per heavy atom. The number of carbonyl (C=O) groups is 2. The van der Waals surface area contributed by atoms with Crippen LogP contribution in [0.2, 0.25) is 0 Å². The van der Waals surface area contributed by atoms with Crippen LogP contribution in [0.4, 0.5) is 5.69 Å². The summed E-state index contributed by atoms with van der Waals surface area (Å²) in [4.78, 5) is 25.9. The third-order valence-electron chi connectivity index (χ3n) is 3.45. The van der Waals surface area contributed by atoms with Crippen LogP contribution in [0.1, 0.15) is 22.0 Å². The van der Waals surface area contributed by atoms with Crippen LogP contribution in [0.15, 0.2) is 54.6 Å². The zero-order valence-corrected chi connectivity index (χ0v) is 13.4. The second-order valence-electron chi connectivity index (χ2n) is 5.34. The number of anilines is 1. The summed E-state index contributed by atoms with van der Waals surface area (Å²) in [5.41, 5.74) is 1.99. The van der Waals surface area contributed by atoms with Crippen LogP contribution >= 0.6 is 0 Å². The Balaban J connectivity index is 2.14. The Bertz CT molecular complexity index is 666. The van der Waals surface area contributed by atoms with Crippen molar-refractivity contribution >= 4 is 17.6 Å². The zero-order valence-electron chi connectivity index (χ0n) is 13.4. The van der Waals surface area contributed by atoms with Gasteiger partial charge in [0.25, 0.3) is 0 Å². The fraction of sp³-hybridized carbons (Fsp3) is 0.222. The first-order chi connectivity index (χ1) is 11.0. The molecule has 0 saturated carbocycles. The maximum atomic E-state index is 12.6. The molecule has 0 radical (unpaired) electrons. The summed E-state index contributed by atoms with van der Waals surface area (Å²) in [5, 5.41) is 2.87. The van der Waals surface area contributed by atoms with E-state index in [9.17, 15) is 9.59 Å². The number of likely N-dealkylation sites (N-methyl/N-ethyl adjacent to an activating group) is 1. The van der Waals surface area contributed by atoms with Crippen LogP contribution < -0.4 is 5.32 Å². The number of rotatable bonds is 5. The number of benzene rings is 2. The van der Waals surface area contributed by atoms with Gasteiger partial charge in [-0.3, -0.25) is 9.69 Å². The second kappa shape index (κ2) is 7.56. The van der Waals surface area contributed by atoms with E-state index in [0.29, 0.717) is 11.3 Å². The van der Waals surface area contributed by atoms with Crippen molar-refractivity contribution in [3.05, 3.63) is 65.7 Å². The Labute approximate surface area is 135 Å². The summed E-state index contributed by atoms with van der Waals surface area (Å²) in [7, 11) is 5.05. The van der Waals surface area contributed by atoms with Gasteiger partial charge in [0.15, 0.2) is 0 Å². The predicted molar refractivity (Wildman–Crippen MR) is 89.3 cm³/mol. The molecule has 0 spiro atoms. The lowest BCUT2D eigenvalue weighted by atomic mass is 10.1. The van der Waals surface area contributed by atoms with E-state index in [1.165, 1.54) is 7.11 Å². The molecule has 120 valence electrons. The molecular formula is C18H20N2O3. The number of methoxy groups -OCH3 is 1. The van der Waals surface area contributed by atoms with Crippen LogP contribution in [0.25, 0.3) is 0 Å². The van der Waals surface area contributed by atoms with Crippen molar-refractivity contribution in [1.29, 1.82) is 0 Å². The molecule has 1 N–H and O–H groups in total. The van der Waals surface area contributed by atoms with Crippen molar-refractivity contribution in [1.82, 2.24) is 4.90 Å². The van der Waals surface area contributed by atoms with Gasteiger partial charge in [0.05, 0.1) is 12.7 Å². The fourth-order valence-corrected chi connectivity index (χ4v) is 2.34. The molecule has 23 heavy (non-hydrogen) atoms. The SMILES string of the molecule is COC(=O)c1ccc(NC(=O)C(c2ccccc2)N(C)C)cc1. The maximum Gasteiger partial charge on any atom is 0.337 e. The van der Waals surface area contributed by atoms with Gasteiger partial charge in [0, 0.05) is 5.69 Å². The van der Waals surface area contributed by atoms with Crippen molar-refractivity contribution in [2.45, 2.75) is 6.04 Å². The van der Waals surface area contributed by atoms with Gasteiger partial charge in [-0.05, 0) is 43.9 Å². The molecule has 0 fully saturated rings. The summed E-state index contributed by atoms with van der Waals surface area (Å²) in [6.07, 6.45) is 0. The number of hydrogen-bond donors (Lipinski definition) is 1. The minimum atomic E-state index is -0.404. The molecule has 1 unspecified atom stereocenters. The maximum absolute atomic E-state index is 12.6. The number of hydrogen-bond acceptors (Lipinski definition) is 4. The van der Waals surface area contributed by atoms with Crippen LogP contribution in [0.5, 0.6) is 0 Å². The molecular weight excluding hydrogens is 292 g/mol. The first-order valence-electron chi connectivity index (χ1n) is 7.23. The Hall–Kier alpha value is -2.66. The molecule has 0 bridgehead atoms. The number of carbonyl (C=O) groups excluding carboxylic acids is 2. The minimum Gasteiger partial charge on any atom is -0.465 e. The third-order valence-corrected chi connectivity index (χ3v) is 3.45. The highest BCUT2D eigenvalue weighted by atomic mass is 16.5. The average molecular weight is 312 g/mol. The first-order valence-corrected chi connectivity index (χ1v) is 7.23. The molecule has 2 rings (SSSR count). The van der Waals surface area contributed by atoms with Gasteiger partial charge in [-0.25, -0.2) is 4.79 Å². The van der Waals surface area contributed by atoms with Crippen molar-refractivity contribution < 1.29 is 14.3 Å². The zero-order chi connectivity index (χ0) is 16.8. The van der Waals surface area contributed by atoms with E-state index in [4.69, 9.17) is 0 Å². The Kier molecular flexibility index (Phi) is 5.49. The van der Waals surface area contributed by atoms with Gasteiger partial charge in [-0.2, -0.15) is 0 Å². The first kappa shape index (κ1) is 16.7.